The molecular weight excluding hydrogens is 195 g/mol. The van der Waals surface area contributed by atoms with Crippen molar-refractivity contribution in [3.8, 4) is 0 Å². The summed E-state index contributed by atoms with van der Waals surface area (Å²) < 4.78 is 37.6. The van der Waals surface area contributed by atoms with Gasteiger partial charge in [-0.05, 0) is 18.9 Å². The van der Waals surface area contributed by atoms with E-state index in [0.717, 1.165) is 0 Å². The smallest absolute Gasteiger partial charge is 0.379 e. The number of rotatable bonds is 3. The zero-order valence-electron chi connectivity index (χ0n) is 9.00. The van der Waals surface area contributed by atoms with Crippen LogP contribution in [0.3, 0.4) is 0 Å². The highest BCUT2D eigenvalue weighted by Crippen LogP contribution is 2.38. The van der Waals surface area contributed by atoms with Crippen LogP contribution >= 0.6 is 0 Å². The molecule has 1 atom stereocenters. The highest BCUT2D eigenvalue weighted by molar-refractivity contribution is 4.91. The number of aliphatic hydroxyl groups is 1. The Morgan fingerprint density at radius 2 is 1.57 bits per heavy atom. The van der Waals surface area contributed by atoms with Crippen LogP contribution in [0.4, 0.5) is 13.2 Å². The molecule has 0 saturated heterocycles. The molecule has 0 aliphatic heterocycles. The molecular formula is C9H18F3NO. The van der Waals surface area contributed by atoms with Gasteiger partial charge in [-0.3, -0.25) is 0 Å². The van der Waals surface area contributed by atoms with E-state index in [4.69, 9.17) is 0 Å². The molecule has 0 aromatic rings. The molecule has 0 bridgehead atoms. The summed E-state index contributed by atoms with van der Waals surface area (Å²) >= 11 is 0. The van der Waals surface area contributed by atoms with Gasteiger partial charge in [-0.15, -0.1) is 0 Å². The molecule has 0 rings (SSSR count). The van der Waals surface area contributed by atoms with Crippen LogP contribution in [0, 0.1) is 5.41 Å². The first-order valence-electron chi connectivity index (χ1n) is 4.45. The second-order valence-electron chi connectivity index (χ2n) is 4.80. The van der Waals surface area contributed by atoms with E-state index in [1.165, 1.54) is 7.05 Å². The van der Waals surface area contributed by atoms with Crippen LogP contribution in [0.2, 0.25) is 0 Å². The van der Waals surface area contributed by atoms with E-state index in [0.29, 0.717) is 0 Å². The van der Waals surface area contributed by atoms with Crippen molar-refractivity contribution in [1.82, 2.24) is 5.32 Å². The zero-order valence-corrected chi connectivity index (χ0v) is 9.00. The van der Waals surface area contributed by atoms with E-state index in [9.17, 15) is 18.3 Å². The van der Waals surface area contributed by atoms with Gasteiger partial charge < -0.3 is 10.4 Å². The van der Waals surface area contributed by atoms with Crippen LogP contribution in [-0.2, 0) is 0 Å². The SMILES string of the molecule is CNCC(O)(CC(C)(C)C)C(F)(F)F. The molecule has 0 radical (unpaired) electrons. The fraction of sp³-hybridized carbons (Fsp3) is 1.00. The van der Waals surface area contributed by atoms with Crippen LogP contribution in [0.25, 0.3) is 0 Å². The Morgan fingerprint density at radius 1 is 1.14 bits per heavy atom. The second-order valence-corrected chi connectivity index (χ2v) is 4.80. The number of hydrogen-bond donors (Lipinski definition) is 2. The molecule has 0 saturated carbocycles. The Labute approximate surface area is 82.5 Å². The first kappa shape index (κ1) is 13.7. The van der Waals surface area contributed by atoms with Gasteiger partial charge in [0.05, 0.1) is 0 Å². The molecule has 0 aromatic heterocycles. The van der Waals surface area contributed by atoms with E-state index < -0.39 is 23.7 Å². The lowest BCUT2D eigenvalue weighted by Crippen LogP contribution is -2.53. The van der Waals surface area contributed by atoms with Crippen molar-refractivity contribution in [2.45, 2.75) is 39.0 Å². The van der Waals surface area contributed by atoms with E-state index >= 15 is 0 Å². The summed E-state index contributed by atoms with van der Waals surface area (Å²) in [5, 5.41) is 11.9. The van der Waals surface area contributed by atoms with E-state index in [1.54, 1.807) is 20.8 Å². The minimum atomic E-state index is -4.59. The number of likely N-dealkylation sites (N-methyl/N-ethyl adjacent to an activating group) is 1. The maximum atomic E-state index is 12.5. The summed E-state index contributed by atoms with van der Waals surface area (Å²) in [7, 11) is 1.39. The Bertz CT molecular complexity index is 185. The third-order valence-corrected chi connectivity index (χ3v) is 1.82. The minimum absolute atomic E-state index is 0.315. The van der Waals surface area contributed by atoms with Gasteiger partial charge >= 0.3 is 6.18 Å². The van der Waals surface area contributed by atoms with Gasteiger partial charge in [0.2, 0.25) is 0 Å². The number of halogens is 3. The molecule has 0 aromatic carbocycles. The lowest BCUT2D eigenvalue weighted by Gasteiger charge is -2.35. The molecule has 2 nitrogen and oxygen atoms in total. The molecule has 0 aliphatic rings. The predicted molar refractivity (Wildman–Crippen MR) is 49.0 cm³/mol. The van der Waals surface area contributed by atoms with Gasteiger partial charge in [0, 0.05) is 6.54 Å². The fourth-order valence-corrected chi connectivity index (χ4v) is 1.43. The summed E-state index contributed by atoms with van der Waals surface area (Å²) in [5.74, 6) is 0. The molecule has 0 heterocycles. The van der Waals surface area contributed by atoms with Gasteiger partial charge in [-0.1, -0.05) is 20.8 Å². The average Bonchev–Trinajstić information content (AvgIpc) is 1.79. The lowest BCUT2D eigenvalue weighted by atomic mass is 9.81. The molecule has 0 fully saturated rings. The summed E-state index contributed by atoms with van der Waals surface area (Å²) in [4.78, 5) is 0. The largest absolute Gasteiger partial charge is 0.418 e. The molecule has 5 heteroatoms. The van der Waals surface area contributed by atoms with Crippen LogP contribution in [0.5, 0.6) is 0 Å². The number of hydrogen-bond acceptors (Lipinski definition) is 2. The van der Waals surface area contributed by atoms with Crippen LogP contribution < -0.4 is 5.32 Å². The van der Waals surface area contributed by atoms with Gasteiger partial charge in [0.1, 0.15) is 0 Å². The fourth-order valence-electron chi connectivity index (χ4n) is 1.43. The van der Waals surface area contributed by atoms with Crippen molar-refractivity contribution in [2.24, 2.45) is 5.41 Å². The van der Waals surface area contributed by atoms with Crippen LogP contribution in [0.15, 0.2) is 0 Å². The van der Waals surface area contributed by atoms with Crippen molar-refractivity contribution in [3.05, 3.63) is 0 Å². The van der Waals surface area contributed by atoms with Gasteiger partial charge in [-0.25, -0.2) is 0 Å². The number of alkyl halides is 3. The Kier molecular flexibility index (Phi) is 3.98. The maximum absolute atomic E-state index is 12.5. The summed E-state index contributed by atoms with van der Waals surface area (Å²) in [6.45, 7) is 4.52. The monoisotopic (exact) mass is 213 g/mol. The van der Waals surface area contributed by atoms with E-state index in [1.807, 2.05) is 0 Å². The van der Waals surface area contributed by atoms with Crippen molar-refractivity contribution in [3.63, 3.8) is 0 Å². The summed E-state index contributed by atoms with van der Waals surface area (Å²) in [6, 6.07) is 0. The Balaban J connectivity index is 4.74. The molecule has 0 spiro atoms. The van der Waals surface area contributed by atoms with Crippen molar-refractivity contribution >= 4 is 0 Å². The van der Waals surface area contributed by atoms with Gasteiger partial charge in [0.25, 0.3) is 0 Å². The number of nitrogens with one attached hydrogen (secondary N) is 1. The topological polar surface area (TPSA) is 32.3 Å². The summed E-state index contributed by atoms with van der Waals surface area (Å²) in [5.41, 5.74) is -3.21. The third-order valence-electron chi connectivity index (χ3n) is 1.82. The summed E-state index contributed by atoms with van der Waals surface area (Å²) in [6.07, 6.45) is -4.91. The highest BCUT2D eigenvalue weighted by Gasteiger charge is 2.54. The molecule has 14 heavy (non-hydrogen) atoms. The Morgan fingerprint density at radius 3 is 1.79 bits per heavy atom. The zero-order chi connectivity index (χ0) is 11.6. The molecule has 1 unspecified atom stereocenters. The van der Waals surface area contributed by atoms with E-state index in [2.05, 4.69) is 5.32 Å². The third kappa shape index (κ3) is 3.84. The van der Waals surface area contributed by atoms with Crippen LogP contribution in [0.1, 0.15) is 27.2 Å². The standard InChI is InChI=1S/C9H18F3NO/c1-7(2,3)5-8(14,6-13-4)9(10,11)12/h13-14H,5-6H2,1-4H3. The van der Waals surface area contributed by atoms with Crippen molar-refractivity contribution in [1.29, 1.82) is 0 Å². The predicted octanol–water partition coefficient (Wildman–Crippen LogP) is 1.94. The van der Waals surface area contributed by atoms with E-state index in [-0.39, 0.29) is 6.42 Å². The molecule has 2 N–H and O–H groups in total. The van der Waals surface area contributed by atoms with Gasteiger partial charge in [-0.2, -0.15) is 13.2 Å². The first-order valence-corrected chi connectivity index (χ1v) is 4.45. The highest BCUT2D eigenvalue weighted by atomic mass is 19.4. The molecule has 0 amide bonds. The lowest BCUT2D eigenvalue weighted by molar-refractivity contribution is -0.266. The van der Waals surface area contributed by atoms with Crippen molar-refractivity contribution in [2.75, 3.05) is 13.6 Å². The van der Waals surface area contributed by atoms with Crippen LogP contribution in [-0.4, -0.2) is 30.5 Å². The van der Waals surface area contributed by atoms with Crippen molar-refractivity contribution < 1.29 is 18.3 Å². The maximum Gasteiger partial charge on any atom is 0.418 e. The molecule has 0 aliphatic carbocycles. The average molecular weight is 213 g/mol. The Hall–Kier alpha value is -0.290. The quantitative estimate of drug-likeness (QED) is 0.750. The minimum Gasteiger partial charge on any atom is -0.379 e. The normalized spacial score (nSPS) is 18.0. The molecule has 86 valence electrons. The van der Waals surface area contributed by atoms with Gasteiger partial charge in [0.15, 0.2) is 5.60 Å². The first-order chi connectivity index (χ1) is 6.02. The second kappa shape index (κ2) is 4.06.